The van der Waals surface area contributed by atoms with Crippen molar-refractivity contribution < 1.29 is 14.5 Å². The molecule has 0 fully saturated rings. The molecule has 0 spiro atoms. The number of esters is 1. The summed E-state index contributed by atoms with van der Waals surface area (Å²) in [5.41, 5.74) is 1.65. The highest BCUT2D eigenvalue weighted by molar-refractivity contribution is 7.80. The second-order valence-electron chi connectivity index (χ2n) is 4.41. The first-order chi connectivity index (χ1) is 9.93. The van der Waals surface area contributed by atoms with Crippen LogP contribution in [-0.4, -0.2) is 23.1 Å². The second-order valence-corrected chi connectivity index (χ2v) is 4.82. The normalized spacial score (nSPS) is 17.8. The number of carbonyl (C=O) groups is 1. The molecule has 21 heavy (non-hydrogen) atoms. The average Bonchev–Trinajstić information content (AvgIpc) is 2.45. The van der Waals surface area contributed by atoms with E-state index in [1.165, 1.54) is 19.2 Å². The third-order valence-corrected chi connectivity index (χ3v) is 3.33. The highest BCUT2D eigenvalue weighted by atomic mass is 32.1. The van der Waals surface area contributed by atoms with Gasteiger partial charge in [0, 0.05) is 17.8 Å². The number of allylic oxidation sites excluding steroid dienone is 1. The van der Waals surface area contributed by atoms with Gasteiger partial charge in [0.2, 0.25) is 0 Å². The van der Waals surface area contributed by atoms with Crippen LogP contribution in [0, 0.1) is 10.1 Å². The number of nitrogens with one attached hydrogen (secondary N) is 2. The van der Waals surface area contributed by atoms with E-state index in [1.807, 2.05) is 0 Å². The van der Waals surface area contributed by atoms with Gasteiger partial charge in [0.25, 0.3) is 5.69 Å². The molecule has 2 rings (SSSR count). The van der Waals surface area contributed by atoms with Crippen LogP contribution in [0.3, 0.4) is 0 Å². The minimum absolute atomic E-state index is 0.0180. The molecular weight excluding hydrogens is 294 g/mol. The number of ether oxygens (including phenoxy) is 1. The van der Waals surface area contributed by atoms with Crippen molar-refractivity contribution in [2.24, 2.45) is 0 Å². The summed E-state index contributed by atoms with van der Waals surface area (Å²) in [5.74, 6) is -0.488. The van der Waals surface area contributed by atoms with Crippen molar-refractivity contribution >= 4 is 29.0 Å². The SMILES string of the molecule is COC(=O)C1=C(C)NC(=S)N[C@H]1c1ccc([N+](=O)[O-])cc1. The first-order valence-corrected chi connectivity index (χ1v) is 6.46. The van der Waals surface area contributed by atoms with E-state index in [0.717, 1.165) is 0 Å². The molecule has 0 aliphatic carbocycles. The third kappa shape index (κ3) is 3.00. The van der Waals surface area contributed by atoms with Crippen molar-refractivity contribution in [3.05, 3.63) is 51.2 Å². The molecule has 110 valence electrons. The van der Waals surface area contributed by atoms with Crippen LogP contribution in [0.25, 0.3) is 0 Å². The molecule has 8 heteroatoms. The quantitative estimate of drug-likeness (QED) is 0.379. The van der Waals surface area contributed by atoms with E-state index >= 15 is 0 Å². The maximum atomic E-state index is 11.9. The number of hydrogen-bond acceptors (Lipinski definition) is 5. The fourth-order valence-corrected chi connectivity index (χ4v) is 2.38. The topological polar surface area (TPSA) is 93.5 Å². The Kier molecular flexibility index (Phi) is 4.18. The van der Waals surface area contributed by atoms with Gasteiger partial charge in [-0.3, -0.25) is 10.1 Å². The number of thiocarbonyl (C=S) groups is 1. The number of methoxy groups -OCH3 is 1. The lowest BCUT2D eigenvalue weighted by molar-refractivity contribution is -0.384. The predicted molar refractivity (Wildman–Crippen MR) is 79.4 cm³/mol. The Morgan fingerprint density at radius 3 is 2.52 bits per heavy atom. The molecule has 2 N–H and O–H groups in total. The smallest absolute Gasteiger partial charge is 0.337 e. The molecule has 0 radical (unpaired) electrons. The Morgan fingerprint density at radius 2 is 2.00 bits per heavy atom. The Morgan fingerprint density at radius 1 is 1.38 bits per heavy atom. The molecule has 1 aromatic carbocycles. The van der Waals surface area contributed by atoms with Crippen molar-refractivity contribution in [1.29, 1.82) is 0 Å². The molecule has 1 atom stereocenters. The van der Waals surface area contributed by atoms with Gasteiger partial charge >= 0.3 is 5.97 Å². The zero-order valence-corrected chi connectivity index (χ0v) is 12.2. The number of nitro benzene ring substituents is 1. The summed E-state index contributed by atoms with van der Waals surface area (Å²) in [6, 6.07) is 5.42. The first kappa shape index (κ1) is 14.9. The van der Waals surface area contributed by atoms with E-state index in [1.54, 1.807) is 19.1 Å². The number of nitrogens with zero attached hydrogens (tertiary/aromatic N) is 1. The van der Waals surface area contributed by atoms with E-state index in [9.17, 15) is 14.9 Å². The number of hydrogen-bond donors (Lipinski definition) is 2. The molecule has 1 heterocycles. The molecular formula is C13H13N3O4S. The van der Waals surface area contributed by atoms with E-state index in [0.29, 0.717) is 21.9 Å². The third-order valence-electron chi connectivity index (χ3n) is 3.11. The number of nitro groups is 1. The van der Waals surface area contributed by atoms with Crippen LogP contribution in [0.1, 0.15) is 18.5 Å². The van der Waals surface area contributed by atoms with Crippen LogP contribution in [0.2, 0.25) is 0 Å². The average molecular weight is 307 g/mol. The Bertz CT molecular complexity index is 639. The molecule has 0 aromatic heterocycles. The Hall–Kier alpha value is -2.48. The van der Waals surface area contributed by atoms with Gasteiger partial charge < -0.3 is 15.4 Å². The molecule has 0 bridgehead atoms. The van der Waals surface area contributed by atoms with Gasteiger partial charge in [-0.05, 0) is 36.8 Å². The summed E-state index contributed by atoms with van der Waals surface area (Å²) in [5, 5.41) is 16.9. The highest BCUT2D eigenvalue weighted by Crippen LogP contribution is 2.28. The van der Waals surface area contributed by atoms with Crippen LogP contribution in [0.15, 0.2) is 35.5 Å². The van der Waals surface area contributed by atoms with Crippen LogP contribution < -0.4 is 10.6 Å². The largest absolute Gasteiger partial charge is 0.466 e. The van der Waals surface area contributed by atoms with Gasteiger partial charge in [-0.1, -0.05) is 0 Å². The molecule has 1 aliphatic heterocycles. The van der Waals surface area contributed by atoms with Crippen LogP contribution in [0.5, 0.6) is 0 Å². The van der Waals surface area contributed by atoms with E-state index < -0.39 is 16.9 Å². The standard InChI is InChI=1S/C13H13N3O4S/c1-7-10(12(17)20-2)11(15-13(21)14-7)8-3-5-9(6-4-8)16(18)19/h3-6,11H,1-2H3,(H2,14,15,21)/t11-/m0/s1. The van der Waals surface area contributed by atoms with Crippen molar-refractivity contribution in [2.75, 3.05) is 7.11 Å². The predicted octanol–water partition coefficient (Wildman–Crippen LogP) is 1.56. The number of rotatable bonds is 3. The minimum atomic E-state index is -0.507. The maximum Gasteiger partial charge on any atom is 0.337 e. The number of benzene rings is 1. The van der Waals surface area contributed by atoms with E-state index in [4.69, 9.17) is 17.0 Å². The summed E-state index contributed by atoms with van der Waals surface area (Å²) in [6.45, 7) is 1.72. The van der Waals surface area contributed by atoms with E-state index in [-0.39, 0.29) is 5.69 Å². The van der Waals surface area contributed by atoms with Crippen molar-refractivity contribution in [3.63, 3.8) is 0 Å². The number of carbonyl (C=O) groups excluding carboxylic acids is 1. The Labute approximate surface area is 126 Å². The highest BCUT2D eigenvalue weighted by Gasteiger charge is 2.30. The molecule has 0 unspecified atom stereocenters. The Balaban J connectivity index is 2.43. The van der Waals surface area contributed by atoms with Gasteiger partial charge in [-0.15, -0.1) is 0 Å². The molecule has 7 nitrogen and oxygen atoms in total. The zero-order chi connectivity index (χ0) is 15.6. The van der Waals surface area contributed by atoms with Crippen LogP contribution in [-0.2, 0) is 9.53 Å². The van der Waals surface area contributed by atoms with Gasteiger partial charge in [-0.2, -0.15) is 0 Å². The second kappa shape index (κ2) is 5.88. The fourth-order valence-electron chi connectivity index (χ4n) is 2.11. The first-order valence-electron chi connectivity index (χ1n) is 6.05. The van der Waals surface area contributed by atoms with Gasteiger partial charge in [0.1, 0.15) is 0 Å². The summed E-state index contributed by atoms with van der Waals surface area (Å²) in [7, 11) is 1.29. The lowest BCUT2D eigenvalue weighted by Gasteiger charge is -2.29. The van der Waals surface area contributed by atoms with Crippen molar-refractivity contribution in [1.82, 2.24) is 10.6 Å². The summed E-state index contributed by atoms with van der Waals surface area (Å²) < 4.78 is 4.78. The zero-order valence-electron chi connectivity index (χ0n) is 11.4. The summed E-state index contributed by atoms with van der Waals surface area (Å²) in [4.78, 5) is 22.1. The lowest BCUT2D eigenvalue weighted by Crippen LogP contribution is -2.45. The molecule has 1 aliphatic rings. The molecule has 0 saturated carbocycles. The monoisotopic (exact) mass is 307 g/mol. The van der Waals surface area contributed by atoms with Gasteiger partial charge in [-0.25, -0.2) is 4.79 Å². The molecule has 1 aromatic rings. The van der Waals surface area contributed by atoms with Crippen LogP contribution >= 0.6 is 12.2 Å². The maximum absolute atomic E-state index is 11.9. The summed E-state index contributed by atoms with van der Waals surface area (Å²) in [6.07, 6.45) is 0. The van der Waals surface area contributed by atoms with E-state index in [2.05, 4.69) is 10.6 Å². The molecule has 0 amide bonds. The van der Waals surface area contributed by atoms with Crippen LogP contribution in [0.4, 0.5) is 5.69 Å². The minimum Gasteiger partial charge on any atom is -0.466 e. The van der Waals surface area contributed by atoms with Gasteiger partial charge in [0.05, 0.1) is 23.6 Å². The summed E-state index contributed by atoms with van der Waals surface area (Å²) >= 11 is 5.09. The molecule has 0 saturated heterocycles. The van der Waals surface area contributed by atoms with Crippen molar-refractivity contribution in [2.45, 2.75) is 13.0 Å². The fraction of sp³-hybridized carbons (Fsp3) is 0.231. The van der Waals surface area contributed by atoms with Crippen molar-refractivity contribution in [3.8, 4) is 0 Å². The van der Waals surface area contributed by atoms with Gasteiger partial charge in [0.15, 0.2) is 5.11 Å². The lowest BCUT2D eigenvalue weighted by atomic mass is 9.95. The number of non-ortho nitro benzene ring substituents is 1.